The van der Waals surface area contributed by atoms with E-state index in [9.17, 15) is 8.78 Å². The van der Waals surface area contributed by atoms with Crippen molar-refractivity contribution in [2.75, 3.05) is 6.61 Å². The molecule has 2 atom stereocenters. The number of aryl methyl sites for hydroxylation is 1. The van der Waals surface area contributed by atoms with Gasteiger partial charge < -0.3 is 4.74 Å². The summed E-state index contributed by atoms with van der Waals surface area (Å²) in [5.74, 6) is 4.33. The monoisotopic (exact) mass is 256 g/mol. The number of ether oxygens (including phenoxy) is 1. The minimum absolute atomic E-state index is 0.0399. The molecule has 1 aromatic rings. The van der Waals surface area contributed by atoms with Crippen LogP contribution in [0.2, 0.25) is 0 Å². The highest BCUT2D eigenvalue weighted by Crippen LogP contribution is 2.39. The molecule has 1 saturated heterocycles. The maximum atomic E-state index is 14.1. The molecule has 3 N–H and O–H groups in total. The van der Waals surface area contributed by atoms with Crippen molar-refractivity contribution in [2.24, 2.45) is 5.84 Å². The predicted octanol–water partition coefficient (Wildman–Crippen LogP) is 2.35. The summed E-state index contributed by atoms with van der Waals surface area (Å²) < 4.78 is 33.7. The molecule has 0 bridgehead atoms. The van der Waals surface area contributed by atoms with Crippen LogP contribution in [-0.2, 0) is 4.74 Å². The minimum atomic E-state index is -0.695. The fourth-order valence-corrected chi connectivity index (χ4v) is 2.54. The van der Waals surface area contributed by atoms with Gasteiger partial charge in [-0.3, -0.25) is 5.84 Å². The van der Waals surface area contributed by atoms with Gasteiger partial charge in [0.15, 0.2) is 0 Å². The maximum absolute atomic E-state index is 14.1. The molecule has 0 spiro atoms. The first-order valence-corrected chi connectivity index (χ1v) is 6.04. The van der Waals surface area contributed by atoms with E-state index in [-0.39, 0.29) is 5.56 Å². The quantitative estimate of drug-likeness (QED) is 0.644. The smallest absolute Gasteiger partial charge is 0.133 e. The van der Waals surface area contributed by atoms with Crippen molar-refractivity contribution in [1.82, 2.24) is 5.43 Å². The van der Waals surface area contributed by atoms with Crippen LogP contribution in [0, 0.1) is 18.6 Å². The molecule has 18 heavy (non-hydrogen) atoms. The van der Waals surface area contributed by atoms with Crippen LogP contribution in [0.1, 0.15) is 36.9 Å². The lowest BCUT2D eigenvalue weighted by molar-refractivity contribution is -0.0144. The van der Waals surface area contributed by atoms with Gasteiger partial charge in [-0.05, 0) is 38.3 Å². The second-order valence-corrected chi connectivity index (χ2v) is 4.96. The van der Waals surface area contributed by atoms with Gasteiger partial charge in [0.25, 0.3) is 0 Å². The number of hydrazine groups is 1. The van der Waals surface area contributed by atoms with Gasteiger partial charge in [-0.25, -0.2) is 14.2 Å². The number of rotatable bonds is 3. The summed E-state index contributed by atoms with van der Waals surface area (Å²) in [7, 11) is 0. The molecule has 0 amide bonds. The molecule has 1 fully saturated rings. The molecule has 5 heteroatoms. The average Bonchev–Trinajstić information content (AvgIpc) is 2.77. The van der Waals surface area contributed by atoms with Gasteiger partial charge in [0, 0.05) is 12.2 Å². The largest absolute Gasteiger partial charge is 0.373 e. The Morgan fingerprint density at radius 2 is 2.17 bits per heavy atom. The Bertz CT molecular complexity index is 445. The SMILES string of the molecule is Cc1ccc(F)c(C(NN)C2(C)CCCO2)c1F. The van der Waals surface area contributed by atoms with Crippen molar-refractivity contribution in [3.05, 3.63) is 34.9 Å². The molecule has 2 rings (SSSR count). The molecular weight excluding hydrogens is 238 g/mol. The van der Waals surface area contributed by atoms with Crippen LogP contribution < -0.4 is 11.3 Å². The van der Waals surface area contributed by atoms with E-state index >= 15 is 0 Å². The first kappa shape index (κ1) is 13.4. The van der Waals surface area contributed by atoms with E-state index in [1.807, 2.05) is 6.92 Å². The Hall–Kier alpha value is -1.04. The fourth-order valence-electron chi connectivity index (χ4n) is 2.54. The molecule has 0 saturated carbocycles. The minimum Gasteiger partial charge on any atom is -0.373 e. The zero-order valence-corrected chi connectivity index (χ0v) is 10.6. The van der Waals surface area contributed by atoms with Crippen LogP contribution in [0.5, 0.6) is 0 Å². The van der Waals surface area contributed by atoms with E-state index in [0.29, 0.717) is 18.6 Å². The van der Waals surface area contributed by atoms with Gasteiger partial charge >= 0.3 is 0 Å². The normalized spacial score (nSPS) is 25.4. The van der Waals surface area contributed by atoms with Gasteiger partial charge in [-0.1, -0.05) is 6.07 Å². The molecule has 1 aromatic carbocycles. The number of benzene rings is 1. The van der Waals surface area contributed by atoms with Crippen molar-refractivity contribution >= 4 is 0 Å². The molecule has 0 radical (unpaired) electrons. The van der Waals surface area contributed by atoms with Crippen LogP contribution >= 0.6 is 0 Å². The topological polar surface area (TPSA) is 47.3 Å². The zero-order chi connectivity index (χ0) is 13.3. The number of hydrogen-bond donors (Lipinski definition) is 2. The Balaban J connectivity index is 2.48. The number of halogens is 2. The second-order valence-electron chi connectivity index (χ2n) is 4.96. The van der Waals surface area contributed by atoms with E-state index in [4.69, 9.17) is 10.6 Å². The lowest BCUT2D eigenvalue weighted by Gasteiger charge is -2.33. The lowest BCUT2D eigenvalue weighted by atomic mass is 9.87. The summed E-state index contributed by atoms with van der Waals surface area (Å²) >= 11 is 0. The summed E-state index contributed by atoms with van der Waals surface area (Å²) in [6.07, 6.45) is 1.58. The number of nitrogens with two attached hydrogens (primary N) is 1. The zero-order valence-electron chi connectivity index (χ0n) is 10.6. The molecule has 2 unspecified atom stereocenters. The van der Waals surface area contributed by atoms with Crippen molar-refractivity contribution < 1.29 is 13.5 Å². The average molecular weight is 256 g/mol. The van der Waals surface area contributed by atoms with E-state index in [1.54, 1.807) is 6.92 Å². The lowest BCUT2D eigenvalue weighted by Crippen LogP contribution is -2.45. The third-order valence-electron chi connectivity index (χ3n) is 3.63. The predicted molar refractivity (Wildman–Crippen MR) is 64.8 cm³/mol. The van der Waals surface area contributed by atoms with Crippen LogP contribution in [0.4, 0.5) is 8.78 Å². The Kier molecular flexibility index (Phi) is 3.66. The van der Waals surface area contributed by atoms with E-state index in [0.717, 1.165) is 6.42 Å². The van der Waals surface area contributed by atoms with Crippen LogP contribution in [-0.4, -0.2) is 12.2 Å². The van der Waals surface area contributed by atoms with Gasteiger partial charge in [0.1, 0.15) is 11.6 Å². The fraction of sp³-hybridized carbons (Fsp3) is 0.538. The third-order valence-corrected chi connectivity index (χ3v) is 3.63. The van der Waals surface area contributed by atoms with Gasteiger partial charge in [-0.2, -0.15) is 0 Å². The molecular formula is C13H18F2N2O. The summed E-state index contributed by atoms with van der Waals surface area (Å²) in [5.41, 5.74) is 2.18. The van der Waals surface area contributed by atoms with Gasteiger partial charge in [-0.15, -0.1) is 0 Å². The Morgan fingerprint density at radius 3 is 2.72 bits per heavy atom. The molecule has 1 aliphatic rings. The van der Waals surface area contributed by atoms with Gasteiger partial charge in [0.05, 0.1) is 11.6 Å². The number of nitrogens with one attached hydrogen (secondary N) is 1. The second kappa shape index (κ2) is 4.91. The van der Waals surface area contributed by atoms with Crippen LogP contribution in [0.25, 0.3) is 0 Å². The standard InChI is InChI=1S/C13H18F2N2O/c1-8-4-5-9(14)10(11(8)15)12(17-16)13(2)6-3-7-18-13/h4-5,12,17H,3,6-7,16H2,1-2H3. The molecule has 1 heterocycles. The third kappa shape index (κ3) is 2.13. The van der Waals surface area contributed by atoms with Crippen LogP contribution in [0.3, 0.4) is 0 Å². The highest BCUT2D eigenvalue weighted by atomic mass is 19.1. The molecule has 3 nitrogen and oxygen atoms in total. The van der Waals surface area contributed by atoms with E-state index < -0.39 is 23.3 Å². The summed E-state index contributed by atoms with van der Waals surface area (Å²) in [6, 6.07) is 1.98. The highest BCUT2D eigenvalue weighted by molar-refractivity contribution is 5.31. The molecule has 0 aromatic heterocycles. The van der Waals surface area contributed by atoms with Crippen molar-refractivity contribution in [3.8, 4) is 0 Å². The van der Waals surface area contributed by atoms with Crippen LogP contribution in [0.15, 0.2) is 12.1 Å². The maximum Gasteiger partial charge on any atom is 0.133 e. The van der Waals surface area contributed by atoms with Crippen molar-refractivity contribution in [3.63, 3.8) is 0 Å². The summed E-state index contributed by atoms with van der Waals surface area (Å²) in [5, 5.41) is 0. The summed E-state index contributed by atoms with van der Waals surface area (Å²) in [6.45, 7) is 4.01. The molecule has 100 valence electrons. The van der Waals surface area contributed by atoms with E-state index in [1.165, 1.54) is 12.1 Å². The number of hydrogen-bond acceptors (Lipinski definition) is 3. The van der Waals surface area contributed by atoms with Crippen molar-refractivity contribution in [2.45, 2.75) is 38.3 Å². The van der Waals surface area contributed by atoms with Gasteiger partial charge in [0.2, 0.25) is 0 Å². The molecule has 1 aliphatic heterocycles. The van der Waals surface area contributed by atoms with Crippen molar-refractivity contribution in [1.29, 1.82) is 0 Å². The Labute approximate surface area is 105 Å². The summed E-state index contributed by atoms with van der Waals surface area (Å²) in [4.78, 5) is 0. The first-order chi connectivity index (χ1) is 8.49. The first-order valence-electron chi connectivity index (χ1n) is 6.04. The Morgan fingerprint density at radius 1 is 1.44 bits per heavy atom. The highest BCUT2D eigenvalue weighted by Gasteiger charge is 2.41. The van der Waals surface area contributed by atoms with E-state index in [2.05, 4.69) is 5.43 Å². The molecule has 0 aliphatic carbocycles.